The summed E-state index contributed by atoms with van der Waals surface area (Å²) in [6.07, 6.45) is 0. The predicted molar refractivity (Wildman–Crippen MR) is 91.7 cm³/mol. The van der Waals surface area contributed by atoms with Gasteiger partial charge in [0.25, 0.3) is 0 Å². The Balaban J connectivity index is 1.94. The van der Waals surface area contributed by atoms with Crippen molar-refractivity contribution in [3.8, 4) is 0 Å². The lowest BCUT2D eigenvalue weighted by Gasteiger charge is -2.21. The Morgan fingerprint density at radius 2 is 1.88 bits per heavy atom. The zero-order valence-corrected chi connectivity index (χ0v) is 15.1. The first kappa shape index (κ1) is 18.6. The number of nitrogens with one attached hydrogen (secondary N) is 1. The van der Waals surface area contributed by atoms with Crippen molar-refractivity contribution in [3.05, 3.63) is 52.7 Å². The first-order valence-electron chi connectivity index (χ1n) is 7.34. The number of benzene rings is 1. The van der Waals surface area contributed by atoms with Gasteiger partial charge in [-0.1, -0.05) is 12.1 Å². The zero-order valence-electron chi connectivity index (χ0n) is 13.5. The van der Waals surface area contributed by atoms with Crippen molar-refractivity contribution >= 4 is 27.3 Å². The fraction of sp³-hybridized carbons (Fsp3) is 0.312. The zero-order chi connectivity index (χ0) is 17.7. The molecule has 0 saturated heterocycles. The average Bonchev–Trinajstić information content (AvgIpc) is 2.95. The van der Waals surface area contributed by atoms with E-state index in [1.807, 2.05) is 6.92 Å². The van der Waals surface area contributed by atoms with Gasteiger partial charge in [0.15, 0.2) is 0 Å². The maximum Gasteiger partial charge on any atom is 0.250 e. The third-order valence-electron chi connectivity index (χ3n) is 3.39. The molecule has 0 aliphatic heterocycles. The number of sulfonamides is 1. The van der Waals surface area contributed by atoms with Crippen LogP contribution in [0.4, 0.5) is 4.39 Å². The van der Waals surface area contributed by atoms with Crippen molar-refractivity contribution in [1.82, 2.24) is 9.62 Å². The van der Waals surface area contributed by atoms with E-state index in [-0.39, 0.29) is 29.0 Å². The molecule has 1 N–H and O–H groups in total. The third-order valence-corrected chi connectivity index (χ3v) is 6.34. The number of thiophene rings is 1. The van der Waals surface area contributed by atoms with Crippen LogP contribution in [-0.2, 0) is 21.4 Å². The maximum absolute atomic E-state index is 12.9. The predicted octanol–water partition coefficient (Wildman–Crippen LogP) is 2.52. The van der Waals surface area contributed by atoms with Crippen LogP contribution in [0.3, 0.4) is 0 Å². The Bertz CT molecular complexity index is 801. The first-order chi connectivity index (χ1) is 11.3. The van der Waals surface area contributed by atoms with Crippen molar-refractivity contribution in [1.29, 1.82) is 0 Å². The lowest BCUT2D eigenvalue weighted by atomic mass is 10.2. The average molecular weight is 370 g/mol. The second-order valence-corrected chi connectivity index (χ2v) is 8.61. The number of nitrogens with zero attached hydrogens (tertiary/aromatic N) is 1. The van der Waals surface area contributed by atoms with Crippen molar-refractivity contribution in [2.45, 2.75) is 24.6 Å². The van der Waals surface area contributed by atoms with Crippen LogP contribution >= 0.6 is 11.3 Å². The summed E-state index contributed by atoms with van der Waals surface area (Å²) in [5, 5.41) is 0. The van der Waals surface area contributed by atoms with E-state index in [0.717, 1.165) is 10.4 Å². The second-order valence-electron chi connectivity index (χ2n) is 5.33. The standard InChI is InChI=1S/C16H19FN2O3S2/c1-12-3-8-16(23-12)24(21,22)18-9-10-19(13(2)20)11-14-4-6-15(17)7-5-14/h3-8,18H,9-11H2,1-2H3. The van der Waals surface area contributed by atoms with Gasteiger partial charge in [-0.05, 0) is 36.8 Å². The van der Waals surface area contributed by atoms with Crippen molar-refractivity contribution in [2.75, 3.05) is 13.1 Å². The smallest absolute Gasteiger partial charge is 0.250 e. The van der Waals surface area contributed by atoms with Gasteiger partial charge in [-0.25, -0.2) is 17.5 Å². The maximum atomic E-state index is 12.9. The topological polar surface area (TPSA) is 66.5 Å². The number of carbonyl (C=O) groups is 1. The molecule has 2 rings (SSSR count). The summed E-state index contributed by atoms with van der Waals surface area (Å²) in [6, 6.07) is 9.16. The number of hydrogen-bond acceptors (Lipinski definition) is 4. The van der Waals surface area contributed by atoms with E-state index in [1.54, 1.807) is 24.3 Å². The monoisotopic (exact) mass is 370 g/mol. The molecule has 1 aromatic carbocycles. The molecule has 2 aromatic rings. The van der Waals surface area contributed by atoms with Gasteiger partial charge < -0.3 is 4.90 Å². The van der Waals surface area contributed by atoms with Crippen molar-refractivity contribution < 1.29 is 17.6 Å². The Hall–Kier alpha value is -1.77. The van der Waals surface area contributed by atoms with Crippen LogP contribution in [0.2, 0.25) is 0 Å². The molecule has 1 aromatic heterocycles. The molecule has 8 heteroatoms. The molecule has 5 nitrogen and oxygen atoms in total. The SMILES string of the molecule is CC(=O)N(CCNS(=O)(=O)c1ccc(C)s1)Cc1ccc(F)cc1. The van der Waals surface area contributed by atoms with Gasteiger partial charge in [0.1, 0.15) is 10.0 Å². The van der Waals surface area contributed by atoms with Crippen LogP contribution in [0.5, 0.6) is 0 Å². The van der Waals surface area contributed by atoms with E-state index in [1.165, 1.54) is 35.3 Å². The van der Waals surface area contributed by atoms with Crippen LogP contribution < -0.4 is 4.72 Å². The molecule has 0 saturated carbocycles. The number of aryl methyl sites for hydroxylation is 1. The Morgan fingerprint density at radius 1 is 1.21 bits per heavy atom. The van der Waals surface area contributed by atoms with E-state index < -0.39 is 10.0 Å². The molecule has 1 amide bonds. The molecule has 0 radical (unpaired) electrons. The molecule has 0 fully saturated rings. The quantitative estimate of drug-likeness (QED) is 0.814. The summed E-state index contributed by atoms with van der Waals surface area (Å²) in [6.45, 7) is 3.90. The lowest BCUT2D eigenvalue weighted by molar-refractivity contribution is -0.129. The van der Waals surface area contributed by atoms with E-state index >= 15 is 0 Å². The lowest BCUT2D eigenvalue weighted by Crippen LogP contribution is -2.36. The Labute approximate surface area is 145 Å². The molecule has 0 atom stereocenters. The van der Waals surface area contributed by atoms with Crippen LogP contribution in [0.25, 0.3) is 0 Å². The van der Waals surface area contributed by atoms with E-state index in [2.05, 4.69) is 4.72 Å². The fourth-order valence-electron chi connectivity index (χ4n) is 2.10. The highest BCUT2D eigenvalue weighted by atomic mass is 32.2. The van der Waals surface area contributed by atoms with Crippen molar-refractivity contribution in [3.63, 3.8) is 0 Å². The highest BCUT2D eigenvalue weighted by Crippen LogP contribution is 2.20. The minimum Gasteiger partial charge on any atom is -0.337 e. The number of halogens is 1. The number of amides is 1. The second kappa shape index (κ2) is 7.87. The number of hydrogen-bond donors (Lipinski definition) is 1. The minimum atomic E-state index is -3.56. The fourth-order valence-corrected chi connectivity index (χ4v) is 4.45. The van der Waals surface area contributed by atoms with E-state index in [4.69, 9.17) is 0 Å². The van der Waals surface area contributed by atoms with Gasteiger partial charge in [-0.2, -0.15) is 0 Å². The van der Waals surface area contributed by atoms with Crippen LogP contribution in [0, 0.1) is 12.7 Å². The molecule has 0 aliphatic rings. The van der Waals surface area contributed by atoms with Crippen molar-refractivity contribution in [2.24, 2.45) is 0 Å². The molecule has 130 valence electrons. The van der Waals surface area contributed by atoms with Gasteiger partial charge in [-0.15, -0.1) is 11.3 Å². The summed E-state index contributed by atoms with van der Waals surface area (Å²) in [5.41, 5.74) is 0.781. The molecular formula is C16H19FN2O3S2. The molecular weight excluding hydrogens is 351 g/mol. The number of rotatable bonds is 7. The van der Waals surface area contributed by atoms with Gasteiger partial charge in [0.05, 0.1) is 0 Å². The van der Waals surface area contributed by atoms with Gasteiger partial charge in [-0.3, -0.25) is 4.79 Å². The van der Waals surface area contributed by atoms with Crippen LogP contribution in [0.1, 0.15) is 17.4 Å². The van der Waals surface area contributed by atoms with Gasteiger partial charge in [0, 0.05) is 31.4 Å². The summed E-state index contributed by atoms with van der Waals surface area (Å²) < 4.78 is 40.0. The Kier molecular flexibility index (Phi) is 6.09. The first-order valence-corrected chi connectivity index (χ1v) is 9.64. The largest absolute Gasteiger partial charge is 0.337 e. The summed E-state index contributed by atoms with van der Waals surface area (Å²) in [5.74, 6) is -0.516. The normalized spacial score (nSPS) is 11.5. The van der Waals surface area contributed by atoms with E-state index in [0.29, 0.717) is 6.54 Å². The summed E-state index contributed by atoms with van der Waals surface area (Å²) in [7, 11) is -3.56. The molecule has 0 spiro atoms. The van der Waals surface area contributed by atoms with Crippen LogP contribution in [-0.4, -0.2) is 32.3 Å². The number of carbonyl (C=O) groups excluding carboxylic acids is 1. The van der Waals surface area contributed by atoms with Gasteiger partial charge >= 0.3 is 0 Å². The van der Waals surface area contributed by atoms with Crippen LogP contribution in [0.15, 0.2) is 40.6 Å². The highest BCUT2D eigenvalue weighted by molar-refractivity contribution is 7.91. The summed E-state index contributed by atoms with van der Waals surface area (Å²) >= 11 is 1.20. The Morgan fingerprint density at radius 3 is 2.42 bits per heavy atom. The van der Waals surface area contributed by atoms with Gasteiger partial charge in [0.2, 0.25) is 15.9 Å². The minimum absolute atomic E-state index is 0.111. The molecule has 0 aliphatic carbocycles. The highest BCUT2D eigenvalue weighted by Gasteiger charge is 2.17. The third kappa shape index (κ3) is 5.12. The summed E-state index contributed by atoms with van der Waals surface area (Å²) in [4.78, 5) is 14.1. The van der Waals surface area contributed by atoms with E-state index in [9.17, 15) is 17.6 Å². The molecule has 0 unspecified atom stereocenters. The molecule has 0 bridgehead atoms. The molecule has 1 heterocycles. The molecule has 24 heavy (non-hydrogen) atoms.